The molecule has 1 N–H and O–H groups in total. The molecule has 2 heteroatoms. The average Bonchev–Trinajstić information content (AvgIpc) is 2.83. The number of furan rings is 1. The molecule has 0 aliphatic carbocycles. The molecule has 0 spiro atoms. The maximum absolute atomic E-state index is 6.01. The Balaban J connectivity index is 1.78. The Labute approximate surface area is 125 Å². The first-order valence-corrected chi connectivity index (χ1v) is 7.42. The van der Waals surface area contributed by atoms with Crippen LogP contribution in [0.25, 0.3) is 11.0 Å². The van der Waals surface area contributed by atoms with Crippen molar-refractivity contribution in [1.82, 2.24) is 5.32 Å². The molecule has 108 valence electrons. The smallest absolute Gasteiger partial charge is 0.134 e. The van der Waals surface area contributed by atoms with E-state index in [-0.39, 0.29) is 6.04 Å². The molecule has 0 aliphatic rings. The molecular weight excluding hydrogens is 258 g/mol. The number of rotatable bonds is 4. The molecule has 3 rings (SSSR count). The van der Waals surface area contributed by atoms with E-state index >= 15 is 0 Å². The Morgan fingerprint density at radius 2 is 1.86 bits per heavy atom. The Bertz CT molecular complexity index is 757. The highest BCUT2D eigenvalue weighted by Gasteiger charge is 2.15. The molecule has 0 amide bonds. The van der Waals surface area contributed by atoms with Crippen molar-refractivity contribution >= 4 is 11.0 Å². The van der Waals surface area contributed by atoms with E-state index in [2.05, 4.69) is 62.5 Å². The Morgan fingerprint density at radius 3 is 2.62 bits per heavy atom. The molecular formula is C19H21NO. The third-order valence-corrected chi connectivity index (χ3v) is 3.97. The van der Waals surface area contributed by atoms with Crippen molar-refractivity contribution < 1.29 is 4.42 Å². The number of hydrogen-bond acceptors (Lipinski definition) is 2. The second kappa shape index (κ2) is 5.74. The first-order valence-electron chi connectivity index (χ1n) is 7.42. The van der Waals surface area contributed by atoms with Crippen molar-refractivity contribution in [1.29, 1.82) is 0 Å². The van der Waals surface area contributed by atoms with Gasteiger partial charge >= 0.3 is 0 Å². The van der Waals surface area contributed by atoms with Crippen LogP contribution in [0.5, 0.6) is 0 Å². The van der Waals surface area contributed by atoms with Gasteiger partial charge in [0, 0.05) is 11.9 Å². The molecule has 0 fully saturated rings. The van der Waals surface area contributed by atoms with Crippen molar-refractivity contribution in [2.75, 3.05) is 0 Å². The summed E-state index contributed by atoms with van der Waals surface area (Å²) in [5.74, 6) is 1.03. The predicted octanol–water partition coefficient (Wildman–Crippen LogP) is 4.90. The highest BCUT2D eigenvalue weighted by Crippen LogP contribution is 2.29. The summed E-state index contributed by atoms with van der Waals surface area (Å²) in [6.45, 7) is 7.25. The highest BCUT2D eigenvalue weighted by atomic mass is 16.3. The molecule has 2 nitrogen and oxygen atoms in total. The SMILES string of the molecule is Cc1cccc(CNC(C)c2oc3ccccc3c2C)c1. The zero-order valence-electron chi connectivity index (χ0n) is 12.8. The van der Waals surface area contributed by atoms with Crippen LogP contribution < -0.4 is 5.32 Å². The van der Waals surface area contributed by atoms with E-state index in [9.17, 15) is 0 Å². The maximum atomic E-state index is 6.01. The average molecular weight is 279 g/mol. The summed E-state index contributed by atoms with van der Waals surface area (Å²) in [5.41, 5.74) is 4.79. The molecule has 21 heavy (non-hydrogen) atoms. The summed E-state index contributed by atoms with van der Waals surface area (Å²) in [6, 6.07) is 17.0. The van der Waals surface area contributed by atoms with Crippen LogP contribution in [-0.2, 0) is 6.54 Å². The van der Waals surface area contributed by atoms with E-state index in [1.807, 2.05) is 12.1 Å². The van der Waals surface area contributed by atoms with Crippen LogP contribution >= 0.6 is 0 Å². The number of hydrogen-bond donors (Lipinski definition) is 1. The largest absolute Gasteiger partial charge is 0.459 e. The molecule has 1 atom stereocenters. The number of nitrogens with one attached hydrogen (secondary N) is 1. The minimum Gasteiger partial charge on any atom is -0.459 e. The lowest BCUT2D eigenvalue weighted by Crippen LogP contribution is -2.18. The monoisotopic (exact) mass is 279 g/mol. The van der Waals surface area contributed by atoms with Crippen LogP contribution in [-0.4, -0.2) is 0 Å². The Morgan fingerprint density at radius 1 is 1.05 bits per heavy atom. The fourth-order valence-electron chi connectivity index (χ4n) is 2.79. The van der Waals surface area contributed by atoms with Crippen LogP contribution in [0.3, 0.4) is 0 Å². The Hall–Kier alpha value is -2.06. The van der Waals surface area contributed by atoms with E-state index in [4.69, 9.17) is 4.42 Å². The molecule has 0 aliphatic heterocycles. The Kier molecular flexibility index (Phi) is 3.80. The normalized spacial score (nSPS) is 12.7. The van der Waals surface area contributed by atoms with Gasteiger partial charge in [0.15, 0.2) is 0 Å². The number of fused-ring (bicyclic) bond motifs is 1. The van der Waals surface area contributed by atoms with Gasteiger partial charge in [-0.1, -0.05) is 48.0 Å². The molecule has 0 radical (unpaired) electrons. The molecule has 0 saturated carbocycles. The number of aryl methyl sites for hydroxylation is 2. The minimum atomic E-state index is 0.193. The van der Waals surface area contributed by atoms with Gasteiger partial charge in [-0.3, -0.25) is 0 Å². The van der Waals surface area contributed by atoms with E-state index in [0.717, 1.165) is 17.9 Å². The number of para-hydroxylation sites is 1. The third-order valence-electron chi connectivity index (χ3n) is 3.97. The van der Waals surface area contributed by atoms with Crippen LogP contribution in [0.2, 0.25) is 0 Å². The van der Waals surface area contributed by atoms with Crippen molar-refractivity contribution in [3.8, 4) is 0 Å². The molecule has 0 bridgehead atoms. The van der Waals surface area contributed by atoms with Crippen molar-refractivity contribution in [2.45, 2.75) is 33.4 Å². The van der Waals surface area contributed by atoms with Gasteiger partial charge in [0.25, 0.3) is 0 Å². The van der Waals surface area contributed by atoms with Gasteiger partial charge in [-0.25, -0.2) is 0 Å². The van der Waals surface area contributed by atoms with Crippen LogP contribution in [0.4, 0.5) is 0 Å². The van der Waals surface area contributed by atoms with Gasteiger partial charge < -0.3 is 9.73 Å². The van der Waals surface area contributed by atoms with Gasteiger partial charge in [-0.2, -0.15) is 0 Å². The predicted molar refractivity (Wildman–Crippen MR) is 87.4 cm³/mol. The molecule has 1 unspecified atom stereocenters. The van der Waals surface area contributed by atoms with E-state index in [1.54, 1.807) is 0 Å². The second-order valence-corrected chi connectivity index (χ2v) is 5.68. The summed E-state index contributed by atoms with van der Waals surface area (Å²) in [7, 11) is 0. The fourth-order valence-corrected chi connectivity index (χ4v) is 2.79. The summed E-state index contributed by atoms with van der Waals surface area (Å²) in [6.07, 6.45) is 0. The summed E-state index contributed by atoms with van der Waals surface area (Å²) in [5, 5.41) is 4.76. The summed E-state index contributed by atoms with van der Waals surface area (Å²) in [4.78, 5) is 0. The van der Waals surface area contributed by atoms with Crippen LogP contribution in [0, 0.1) is 13.8 Å². The van der Waals surface area contributed by atoms with Gasteiger partial charge in [-0.05, 0) is 38.0 Å². The topological polar surface area (TPSA) is 25.2 Å². The third kappa shape index (κ3) is 2.86. The zero-order valence-corrected chi connectivity index (χ0v) is 12.8. The van der Waals surface area contributed by atoms with Crippen molar-refractivity contribution in [3.05, 3.63) is 71.0 Å². The summed E-state index contributed by atoms with van der Waals surface area (Å²) >= 11 is 0. The second-order valence-electron chi connectivity index (χ2n) is 5.68. The van der Waals surface area contributed by atoms with E-state index < -0.39 is 0 Å². The van der Waals surface area contributed by atoms with Crippen LogP contribution in [0.1, 0.15) is 35.4 Å². The molecule has 2 aromatic carbocycles. The standard InChI is InChI=1S/C19H21NO/c1-13-7-6-8-16(11-13)12-20-15(3)19-14(2)17-9-4-5-10-18(17)21-19/h4-11,15,20H,12H2,1-3H3. The number of benzene rings is 2. The molecule has 0 saturated heterocycles. The lowest BCUT2D eigenvalue weighted by molar-refractivity contribution is 0.447. The van der Waals surface area contributed by atoms with E-state index in [1.165, 1.54) is 22.1 Å². The zero-order chi connectivity index (χ0) is 14.8. The van der Waals surface area contributed by atoms with Gasteiger partial charge in [0.2, 0.25) is 0 Å². The van der Waals surface area contributed by atoms with Gasteiger partial charge in [-0.15, -0.1) is 0 Å². The van der Waals surface area contributed by atoms with E-state index in [0.29, 0.717) is 0 Å². The first-order chi connectivity index (χ1) is 10.1. The minimum absolute atomic E-state index is 0.193. The lowest BCUT2D eigenvalue weighted by atomic mass is 10.1. The fraction of sp³-hybridized carbons (Fsp3) is 0.263. The maximum Gasteiger partial charge on any atom is 0.134 e. The first kappa shape index (κ1) is 13.9. The molecule has 1 aromatic heterocycles. The highest BCUT2D eigenvalue weighted by molar-refractivity contribution is 5.82. The summed E-state index contributed by atoms with van der Waals surface area (Å²) < 4.78 is 6.01. The van der Waals surface area contributed by atoms with Crippen molar-refractivity contribution in [2.24, 2.45) is 0 Å². The van der Waals surface area contributed by atoms with Crippen LogP contribution in [0.15, 0.2) is 52.9 Å². The van der Waals surface area contributed by atoms with Gasteiger partial charge in [0.05, 0.1) is 6.04 Å². The molecule has 1 heterocycles. The lowest BCUT2D eigenvalue weighted by Gasteiger charge is -2.13. The molecule has 3 aromatic rings. The van der Waals surface area contributed by atoms with Crippen molar-refractivity contribution in [3.63, 3.8) is 0 Å². The van der Waals surface area contributed by atoms with Gasteiger partial charge in [0.1, 0.15) is 11.3 Å². The quantitative estimate of drug-likeness (QED) is 0.734.